The molecule has 0 unspecified atom stereocenters. The normalized spacial score (nSPS) is 12.9. The lowest BCUT2D eigenvalue weighted by Crippen LogP contribution is -2.22. The lowest BCUT2D eigenvalue weighted by Gasteiger charge is -2.33. The number of aliphatic carboxylic acids is 2. The van der Waals surface area contributed by atoms with Gasteiger partial charge in [-0.15, -0.1) is 0 Å². The van der Waals surface area contributed by atoms with E-state index in [-0.39, 0.29) is 11.1 Å². The van der Waals surface area contributed by atoms with Crippen LogP contribution in [0.5, 0.6) is 11.5 Å². The van der Waals surface area contributed by atoms with Gasteiger partial charge < -0.3 is 29.5 Å². The Bertz CT molecular complexity index is 2400. The zero-order valence-corrected chi connectivity index (χ0v) is 35.8. The smallest absolute Gasteiger partial charge is 0.346 e. The minimum absolute atomic E-state index is 0.291. The third kappa shape index (κ3) is 10.8. The van der Waals surface area contributed by atoms with Gasteiger partial charge in [0, 0.05) is 32.7 Å². The van der Waals surface area contributed by atoms with Gasteiger partial charge in [0.1, 0.15) is 23.3 Å². The number of nitrogens with zero attached hydrogens (tertiary/aromatic N) is 4. The van der Waals surface area contributed by atoms with Crippen molar-refractivity contribution in [3.05, 3.63) is 131 Å². The maximum atomic E-state index is 11.4. The Morgan fingerprint density at radius 2 is 0.903 bits per heavy atom. The summed E-state index contributed by atoms with van der Waals surface area (Å²) in [5, 5.41) is 37.1. The number of carboxylic acids is 2. The topological polar surface area (TPSA) is 147 Å². The Morgan fingerprint density at radius 3 is 1.32 bits per heavy atom. The first-order chi connectivity index (χ1) is 30.3. The minimum atomic E-state index is -1.23. The maximum absolute atomic E-state index is 11.4. The van der Waals surface area contributed by atoms with E-state index in [2.05, 4.69) is 34.1 Å². The molecule has 0 amide bonds. The van der Waals surface area contributed by atoms with Crippen LogP contribution in [0.25, 0.3) is 12.2 Å². The zero-order valence-electron chi connectivity index (χ0n) is 34.2. The third-order valence-electron chi connectivity index (χ3n) is 10.5. The molecule has 2 aliphatic heterocycles. The van der Waals surface area contributed by atoms with Gasteiger partial charge in [-0.2, -0.15) is 10.5 Å². The molecule has 62 heavy (non-hydrogen) atoms. The Balaban J connectivity index is 0.833. The zero-order chi connectivity index (χ0) is 43.3. The molecule has 0 spiro atoms. The van der Waals surface area contributed by atoms with Crippen LogP contribution in [0.2, 0.25) is 0 Å². The van der Waals surface area contributed by atoms with E-state index >= 15 is 0 Å². The second kappa shape index (κ2) is 21.3. The number of carbonyl (C=O) groups is 2. The molecule has 12 heteroatoms. The molecule has 5 aromatic rings. The van der Waals surface area contributed by atoms with Crippen LogP contribution in [0, 0.1) is 22.7 Å². The largest absolute Gasteiger partial charge is 0.490 e. The predicted molar refractivity (Wildman–Crippen MR) is 245 cm³/mol. The van der Waals surface area contributed by atoms with Crippen molar-refractivity contribution in [2.75, 3.05) is 36.1 Å². The summed E-state index contributed by atoms with van der Waals surface area (Å²) in [5.41, 5.74) is 5.27. The summed E-state index contributed by atoms with van der Waals surface area (Å²) < 4.78 is 12.4. The highest BCUT2D eigenvalue weighted by Gasteiger charge is 2.25. The molecule has 0 radical (unpaired) electrons. The van der Waals surface area contributed by atoms with Crippen LogP contribution < -0.4 is 19.3 Å². The van der Waals surface area contributed by atoms with E-state index in [1.165, 1.54) is 12.2 Å². The van der Waals surface area contributed by atoms with Crippen LogP contribution >= 0.6 is 23.5 Å². The fourth-order valence-corrected chi connectivity index (χ4v) is 9.77. The molecular weight excluding hydrogens is 817 g/mol. The molecule has 0 bridgehead atoms. The van der Waals surface area contributed by atoms with Gasteiger partial charge in [-0.25, -0.2) is 9.59 Å². The number of anilines is 4. The first-order valence-electron chi connectivity index (χ1n) is 20.7. The van der Waals surface area contributed by atoms with Crippen molar-refractivity contribution in [1.82, 2.24) is 0 Å². The van der Waals surface area contributed by atoms with Crippen molar-refractivity contribution >= 4 is 70.4 Å². The van der Waals surface area contributed by atoms with Gasteiger partial charge >= 0.3 is 11.9 Å². The lowest BCUT2D eigenvalue weighted by atomic mass is 10.1. The number of nitriles is 2. The standard InChI is InChI=1S/C50H46N4O6S2/c51-33-37(49(55)56)29-35-21-23-41-47(31-35)61-45-19-9-5-15-39(45)53(41)25-11-1-3-13-27-59-43-17-7-8-18-44(43)60-28-14-4-2-12-26-54-40-16-6-10-20-46(40)62-48-32-36(22-24-42(48)54)30-38(34-52)50(57)58/h5-10,15-24,29-32H,1-4,11-14,25-28H2,(H,55,56)(H,57,58)/b37-29+,38-30+. The number of carboxylic acid groups (broad SMARTS) is 2. The highest BCUT2D eigenvalue weighted by molar-refractivity contribution is 8.00. The first-order valence-corrected chi connectivity index (χ1v) is 22.4. The van der Waals surface area contributed by atoms with E-state index in [1.54, 1.807) is 35.7 Å². The van der Waals surface area contributed by atoms with Gasteiger partial charge in [-0.05, 0) is 110 Å². The summed E-state index contributed by atoms with van der Waals surface area (Å²) in [6.07, 6.45) is 10.8. The monoisotopic (exact) mass is 862 g/mol. The van der Waals surface area contributed by atoms with E-state index in [0.29, 0.717) is 24.3 Å². The van der Waals surface area contributed by atoms with E-state index in [9.17, 15) is 30.3 Å². The van der Waals surface area contributed by atoms with Crippen LogP contribution in [0.1, 0.15) is 62.5 Å². The molecule has 10 nitrogen and oxygen atoms in total. The van der Waals surface area contributed by atoms with Crippen LogP contribution in [0.3, 0.4) is 0 Å². The Kier molecular flexibility index (Phi) is 14.9. The average Bonchev–Trinajstić information content (AvgIpc) is 3.28. The van der Waals surface area contributed by atoms with E-state index in [0.717, 1.165) is 118 Å². The van der Waals surface area contributed by atoms with Crippen LogP contribution in [-0.2, 0) is 9.59 Å². The lowest BCUT2D eigenvalue weighted by molar-refractivity contribution is -0.133. The van der Waals surface area contributed by atoms with Gasteiger partial charge in [-0.1, -0.05) is 97.7 Å². The maximum Gasteiger partial charge on any atom is 0.346 e. The van der Waals surface area contributed by atoms with Crippen molar-refractivity contribution in [2.24, 2.45) is 0 Å². The molecule has 7 rings (SSSR count). The molecule has 5 aromatic carbocycles. The second-order valence-corrected chi connectivity index (χ2v) is 17.0. The molecule has 2 N–H and O–H groups in total. The number of benzene rings is 5. The summed E-state index contributed by atoms with van der Waals surface area (Å²) in [6.45, 7) is 2.90. The van der Waals surface area contributed by atoms with Gasteiger partial charge in [0.25, 0.3) is 0 Å². The van der Waals surface area contributed by atoms with E-state index in [1.807, 2.05) is 84.9 Å². The van der Waals surface area contributed by atoms with Crippen molar-refractivity contribution in [2.45, 2.75) is 70.9 Å². The molecular formula is C50H46N4O6S2. The summed E-state index contributed by atoms with van der Waals surface area (Å²) >= 11 is 3.31. The summed E-state index contributed by atoms with van der Waals surface area (Å²) in [6, 6.07) is 39.7. The highest BCUT2D eigenvalue weighted by Crippen LogP contribution is 2.50. The number of fused-ring (bicyclic) bond motifs is 4. The summed E-state index contributed by atoms with van der Waals surface area (Å²) in [7, 11) is 0. The Labute approximate surface area is 370 Å². The van der Waals surface area contributed by atoms with Crippen molar-refractivity contribution < 1.29 is 29.3 Å². The fourth-order valence-electron chi connectivity index (χ4n) is 7.48. The van der Waals surface area contributed by atoms with Gasteiger partial charge in [0.15, 0.2) is 11.5 Å². The molecule has 0 saturated carbocycles. The number of hydrogen-bond acceptors (Lipinski definition) is 10. The molecule has 2 aliphatic rings. The van der Waals surface area contributed by atoms with Crippen molar-refractivity contribution in [1.29, 1.82) is 10.5 Å². The highest BCUT2D eigenvalue weighted by atomic mass is 32.2. The van der Waals surface area contributed by atoms with Crippen LogP contribution in [-0.4, -0.2) is 48.5 Å². The Hall–Kier alpha value is -6.60. The first kappa shape index (κ1) is 43.5. The van der Waals surface area contributed by atoms with Gasteiger partial charge in [0.05, 0.1) is 36.0 Å². The van der Waals surface area contributed by atoms with Crippen molar-refractivity contribution in [3.8, 4) is 23.6 Å². The third-order valence-corrected chi connectivity index (χ3v) is 12.8. The molecule has 0 aliphatic carbocycles. The number of unbranched alkanes of at least 4 members (excludes halogenated alkanes) is 6. The SMILES string of the molecule is N#C/C(=C\c1ccc2c(c1)Sc1ccccc1N2CCCCCCOc1ccccc1OCCCCCCN1c2ccccc2Sc2cc(/C=C(\C#N)C(=O)O)ccc21)C(=O)O. The number of ether oxygens (including phenoxy) is 2. The van der Waals surface area contributed by atoms with Gasteiger partial charge in [0.2, 0.25) is 0 Å². The molecule has 0 fully saturated rings. The molecule has 0 atom stereocenters. The number of rotatable bonds is 20. The molecule has 0 aromatic heterocycles. The summed E-state index contributed by atoms with van der Waals surface area (Å²) in [5.74, 6) is -0.946. The van der Waals surface area contributed by atoms with E-state index in [4.69, 9.17) is 9.47 Å². The second-order valence-electron chi connectivity index (χ2n) is 14.8. The van der Waals surface area contributed by atoms with E-state index < -0.39 is 11.9 Å². The predicted octanol–water partition coefficient (Wildman–Crippen LogP) is 12.2. The molecule has 314 valence electrons. The van der Waals surface area contributed by atoms with Gasteiger partial charge in [-0.3, -0.25) is 0 Å². The van der Waals surface area contributed by atoms with Crippen LogP contribution in [0.4, 0.5) is 22.7 Å². The Morgan fingerprint density at radius 1 is 0.516 bits per heavy atom. The number of hydrogen-bond donors (Lipinski definition) is 2. The average molecular weight is 863 g/mol. The summed E-state index contributed by atoms with van der Waals surface area (Å²) in [4.78, 5) is 31.8. The van der Waals surface area contributed by atoms with Crippen molar-refractivity contribution in [3.63, 3.8) is 0 Å². The minimum Gasteiger partial charge on any atom is -0.490 e. The molecule has 0 saturated heterocycles. The molecule has 2 heterocycles. The fraction of sp³-hybridized carbons (Fsp3) is 0.240. The quantitative estimate of drug-likeness (QED) is 0.0436. The number of para-hydroxylation sites is 4. The van der Waals surface area contributed by atoms with Crippen LogP contribution in [0.15, 0.2) is 140 Å².